The van der Waals surface area contributed by atoms with Crippen LogP contribution < -0.4 is 5.32 Å². The highest BCUT2D eigenvalue weighted by Crippen LogP contribution is 2.27. The zero-order valence-electron chi connectivity index (χ0n) is 10.4. The van der Waals surface area contributed by atoms with Crippen molar-refractivity contribution in [3.63, 3.8) is 0 Å². The van der Waals surface area contributed by atoms with Gasteiger partial charge in [-0.15, -0.1) is 0 Å². The molecule has 1 aromatic rings. The maximum Gasteiger partial charge on any atom is 0.220 e. The number of carbonyl (C=O) groups is 1. The zero-order valence-corrected chi connectivity index (χ0v) is 10.4. The molecule has 0 aromatic carbocycles. The van der Waals surface area contributed by atoms with Crippen LogP contribution in [-0.2, 0) is 4.79 Å². The van der Waals surface area contributed by atoms with Crippen LogP contribution in [-0.4, -0.2) is 15.9 Å². The van der Waals surface area contributed by atoms with E-state index in [1.165, 1.54) is 25.7 Å². The quantitative estimate of drug-likeness (QED) is 0.824. The molecule has 1 aliphatic carbocycles. The lowest BCUT2D eigenvalue weighted by Crippen LogP contribution is -2.30. The second-order valence-corrected chi connectivity index (χ2v) is 4.86. The summed E-state index contributed by atoms with van der Waals surface area (Å²) in [5.41, 5.74) is 0. The number of amides is 1. The minimum absolute atomic E-state index is 0.0268. The van der Waals surface area contributed by atoms with Crippen molar-refractivity contribution in [1.82, 2.24) is 15.3 Å². The third-order valence-electron chi connectivity index (χ3n) is 3.54. The molecule has 0 saturated heterocycles. The molecule has 17 heavy (non-hydrogen) atoms. The standard InChI is InChI=1S/C13H21N3O/c1-2-11(13-14-7-8-15-13)16-12(17)9-10-5-3-4-6-10/h7-8,10-11H,2-6,9H2,1H3,(H,14,15)(H,16,17). The van der Waals surface area contributed by atoms with Crippen LogP contribution in [0.3, 0.4) is 0 Å². The minimum atomic E-state index is 0.0268. The molecular formula is C13H21N3O. The van der Waals surface area contributed by atoms with Gasteiger partial charge in [-0.3, -0.25) is 4.79 Å². The van der Waals surface area contributed by atoms with Crippen molar-refractivity contribution in [2.45, 2.75) is 51.5 Å². The Bertz CT molecular complexity index is 342. The number of nitrogens with one attached hydrogen (secondary N) is 2. The Hall–Kier alpha value is -1.32. The van der Waals surface area contributed by atoms with Crippen LogP contribution in [0.5, 0.6) is 0 Å². The number of aromatic amines is 1. The number of H-pyrrole nitrogens is 1. The van der Waals surface area contributed by atoms with Gasteiger partial charge in [-0.25, -0.2) is 4.98 Å². The molecule has 4 heteroatoms. The molecule has 0 radical (unpaired) electrons. The highest BCUT2D eigenvalue weighted by molar-refractivity contribution is 5.76. The van der Waals surface area contributed by atoms with Gasteiger partial charge in [0.25, 0.3) is 0 Å². The fourth-order valence-corrected chi connectivity index (χ4v) is 2.56. The van der Waals surface area contributed by atoms with Gasteiger partial charge in [-0.1, -0.05) is 19.8 Å². The SMILES string of the molecule is CCC(NC(=O)CC1CCCC1)c1ncc[nH]1. The van der Waals surface area contributed by atoms with Crippen molar-refractivity contribution in [2.24, 2.45) is 5.92 Å². The normalized spacial score (nSPS) is 18.2. The Morgan fingerprint density at radius 1 is 1.59 bits per heavy atom. The molecule has 94 valence electrons. The van der Waals surface area contributed by atoms with E-state index in [0.717, 1.165) is 12.2 Å². The predicted molar refractivity (Wildman–Crippen MR) is 66.3 cm³/mol. The molecule has 2 N–H and O–H groups in total. The largest absolute Gasteiger partial charge is 0.347 e. The van der Waals surface area contributed by atoms with Crippen molar-refractivity contribution in [1.29, 1.82) is 0 Å². The van der Waals surface area contributed by atoms with Crippen LogP contribution in [0.1, 0.15) is 57.3 Å². The van der Waals surface area contributed by atoms with Gasteiger partial charge >= 0.3 is 0 Å². The summed E-state index contributed by atoms with van der Waals surface area (Å²) in [5.74, 6) is 1.62. The van der Waals surface area contributed by atoms with Gasteiger partial charge in [0.15, 0.2) is 0 Å². The summed E-state index contributed by atoms with van der Waals surface area (Å²) >= 11 is 0. The van der Waals surface area contributed by atoms with Crippen molar-refractivity contribution in [2.75, 3.05) is 0 Å². The molecule has 2 rings (SSSR count). The lowest BCUT2D eigenvalue weighted by Gasteiger charge is -2.16. The molecule has 1 atom stereocenters. The molecule has 0 aliphatic heterocycles. The Morgan fingerprint density at radius 2 is 2.35 bits per heavy atom. The first kappa shape index (κ1) is 12.1. The van der Waals surface area contributed by atoms with Gasteiger partial charge in [0.05, 0.1) is 6.04 Å². The lowest BCUT2D eigenvalue weighted by atomic mass is 10.0. The molecule has 1 aromatic heterocycles. The molecule has 1 aliphatic rings. The second kappa shape index (κ2) is 5.84. The topological polar surface area (TPSA) is 57.8 Å². The van der Waals surface area contributed by atoms with Gasteiger partial charge in [0, 0.05) is 18.8 Å². The average Bonchev–Trinajstić information content (AvgIpc) is 2.97. The first-order chi connectivity index (χ1) is 8.29. The van der Waals surface area contributed by atoms with Crippen molar-refractivity contribution in [3.05, 3.63) is 18.2 Å². The summed E-state index contributed by atoms with van der Waals surface area (Å²) in [4.78, 5) is 19.2. The Balaban J connectivity index is 1.83. The first-order valence-corrected chi connectivity index (χ1v) is 6.58. The van der Waals surface area contributed by atoms with Crippen molar-refractivity contribution < 1.29 is 4.79 Å². The maximum atomic E-state index is 11.9. The third kappa shape index (κ3) is 3.32. The van der Waals surface area contributed by atoms with Crippen LogP contribution in [0.2, 0.25) is 0 Å². The summed E-state index contributed by atoms with van der Waals surface area (Å²) < 4.78 is 0. The van der Waals surface area contributed by atoms with Crippen LogP contribution in [0.15, 0.2) is 12.4 Å². The third-order valence-corrected chi connectivity index (χ3v) is 3.54. The van der Waals surface area contributed by atoms with Crippen LogP contribution in [0.4, 0.5) is 0 Å². The minimum Gasteiger partial charge on any atom is -0.347 e. The molecule has 4 nitrogen and oxygen atoms in total. The number of hydrogen-bond donors (Lipinski definition) is 2. The summed E-state index contributed by atoms with van der Waals surface area (Å²) in [6, 6.07) is 0.0268. The first-order valence-electron chi connectivity index (χ1n) is 6.58. The van der Waals surface area contributed by atoms with Gasteiger partial charge in [0.2, 0.25) is 5.91 Å². The Morgan fingerprint density at radius 3 is 2.94 bits per heavy atom. The fraction of sp³-hybridized carbons (Fsp3) is 0.692. The number of imidazole rings is 1. The zero-order chi connectivity index (χ0) is 12.1. The summed E-state index contributed by atoms with van der Waals surface area (Å²) in [7, 11) is 0. The van der Waals surface area contributed by atoms with E-state index in [1.54, 1.807) is 12.4 Å². The molecule has 1 saturated carbocycles. The number of hydrogen-bond acceptors (Lipinski definition) is 2. The van der Waals surface area contributed by atoms with Crippen molar-refractivity contribution in [3.8, 4) is 0 Å². The number of rotatable bonds is 5. The highest BCUT2D eigenvalue weighted by Gasteiger charge is 2.20. The molecule has 1 amide bonds. The lowest BCUT2D eigenvalue weighted by molar-refractivity contribution is -0.122. The van der Waals surface area contributed by atoms with E-state index in [-0.39, 0.29) is 11.9 Å². The number of nitrogens with zero attached hydrogens (tertiary/aromatic N) is 1. The summed E-state index contributed by atoms with van der Waals surface area (Å²) in [6.07, 6.45) is 10.1. The summed E-state index contributed by atoms with van der Waals surface area (Å²) in [6.45, 7) is 2.06. The van der Waals surface area contributed by atoms with E-state index < -0.39 is 0 Å². The van der Waals surface area contributed by atoms with E-state index in [4.69, 9.17) is 0 Å². The van der Waals surface area contributed by atoms with Crippen LogP contribution >= 0.6 is 0 Å². The van der Waals surface area contributed by atoms with Gasteiger partial charge in [-0.05, 0) is 25.2 Å². The molecular weight excluding hydrogens is 214 g/mol. The monoisotopic (exact) mass is 235 g/mol. The van der Waals surface area contributed by atoms with Crippen LogP contribution in [0.25, 0.3) is 0 Å². The van der Waals surface area contributed by atoms with Gasteiger partial charge in [-0.2, -0.15) is 0 Å². The number of aromatic nitrogens is 2. The molecule has 0 bridgehead atoms. The summed E-state index contributed by atoms with van der Waals surface area (Å²) in [5, 5.41) is 3.06. The Kier molecular flexibility index (Phi) is 4.18. The van der Waals surface area contributed by atoms with Crippen molar-refractivity contribution >= 4 is 5.91 Å². The van der Waals surface area contributed by atoms with E-state index in [1.807, 2.05) is 0 Å². The molecule has 1 fully saturated rings. The van der Waals surface area contributed by atoms with E-state index in [2.05, 4.69) is 22.2 Å². The molecule has 1 heterocycles. The maximum absolute atomic E-state index is 11.9. The van der Waals surface area contributed by atoms with Gasteiger partial charge < -0.3 is 10.3 Å². The predicted octanol–water partition coefficient (Wildman–Crippen LogP) is 2.56. The molecule has 0 spiro atoms. The number of carbonyl (C=O) groups excluding carboxylic acids is 1. The smallest absolute Gasteiger partial charge is 0.220 e. The van der Waals surface area contributed by atoms with Gasteiger partial charge in [0.1, 0.15) is 5.82 Å². The Labute approximate surface area is 102 Å². The van der Waals surface area contributed by atoms with E-state index in [0.29, 0.717) is 12.3 Å². The van der Waals surface area contributed by atoms with E-state index in [9.17, 15) is 4.79 Å². The van der Waals surface area contributed by atoms with Crippen LogP contribution in [0, 0.1) is 5.92 Å². The van der Waals surface area contributed by atoms with E-state index >= 15 is 0 Å². The average molecular weight is 235 g/mol. The highest BCUT2D eigenvalue weighted by atomic mass is 16.1. The fourth-order valence-electron chi connectivity index (χ4n) is 2.56. The second-order valence-electron chi connectivity index (χ2n) is 4.86. The molecule has 1 unspecified atom stereocenters.